The molecule has 6 heteroatoms. The van der Waals surface area contributed by atoms with Gasteiger partial charge in [-0.05, 0) is 42.6 Å². The van der Waals surface area contributed by atoms with Crippen LogP contribution < -0.4 is 10.5 Å². The molecule has 0 aliphatic carbocycles. The monoisotopic (exact) mass is 360 g/mol. The highest BCUT2D eigenvalue weighted by Gasteiger charge is 2.40. The summed E-state index contributed by atoms with van der Waals surface area (Å²) in [5.41, 5.74) is 7.95. The van der Waals surface area contributed by atoms with Crippen molar-refractivity contribution >= 4 is 10.0 Å². The van der Waals surface area contributed by atoms with E-state index in [2.05, 4.69) is 0 Å². The third kappa shape index (κ3) is 3.42. The number of ether oxygens (including phenoxy) is 1. The van der Waals surface area contributed by atoms with Gasteiger partial charge in [0.25, 0.3) is 0 Å². The molecule has 2 N–H and O–H groups in total. The van der Waals surface area contributed by atoms with Gasteiger partial charge in [-0.2, -0.15) is 4.31 Å². The van der Waals surface area contributed by atoms with Gasteiger partial charge in [0.05, 0.1) is 7.11 Å². The van der Waals surface area contributed by atoms with Gasteiger partial charge in [-0.25, -0.2) is 8.42 Å². The summed E-state index contributed by atoms with van der Waals surface area (Å²) in [6.45, 7) is 3.19. The smallest absolute Gasteiger partial charge is 0.246 e. The average Bonchev–Trinajstić information content (AvgIpc) is 3.07. The lowest BCUT2D eigenvalue weighted by atomic mass is 9.89. The lowest BCUT2D eigenvalue weighted by Gasteiger charge is -2.19. The first-order chi connectivity index (χ1) is 12.0. The third-order valence-corrected chi connectivity index (χ3v) is 6.73. The van der Waals surface area contributed by atoms with Crippen LogP contribution in [0.1, 0.15) is 17.0 Å². The molecule has 0 unspecified atom stereocenters. The predicted octanol–water partition coefficient (Wildman–Crippen LogP) is 2.37. The van der Waals surface area contributed by atoms with Gasteiger partial charge < -0.3 is 10.5 Å². The standard InChI is InChI=1S/C19H24N2O3S/c1-14-8-9-18(24-2)19(10-14)25(22,23)21-12-16(11-20)17(13-21)15-6-4-3-5-7-15/h3-10,16-17H,11-13,20H2,1-2H3/t16-,17+/m1/s1. The highest BCUT2D eigenvalue weighted by molar-refractivity contribution is 7.89. The molecule has 2 atom stereocenters. The number of hydrogen-bond acceptors (Lipinski definition) is 4. The van der Waals surface area contributed by atoms with E-state index in [1.54, 1.807) is 16.4 Å². The molecule has 5 nitrogen and oxygen atoms in total. The van der Waals surface area contributed by atoms with Crippen LogP contribution in [0.2, 0.25) is 0 Å². The van der Waals surface area contributed by atoms with Crippen LogP contribution in [0, 0.1) is 12.8 Å². The number of methoxy groups -OCH3 is 1. The van der Waals surface area contributed by atoms with Crippen LogP contribution in [0.3, 0.4) is 0 Å². The van der Waals surface area contributed by atoms with Crippen molar-refractivity contribution in [2.24, 2.45) is 11.7 Å². The van der Waals surface area contributed by atoms with Gasteiger partial charge in [-0.1, -0.05) is 36.4 Å². The molecule has 0 spiro atoms. The number of aryl methyl sites for hydroxylation is 1. The maximum absolute atomic E-state index is 13.2. The Kier molecular flexibility index (Phi) is 5.13. The summed E-state index contributed by atoms with van der Waals surface area (Å²) in [6, 6.07) is 15.2. The molecule has 0 saturated carbocycles. The van der Waals surface area contributed by atoms with Gasteiger partial charge in [-0.3, -0.25) is 0 Å². The molecular weight excluding hydrogens is 336 g/mol. The highest BCUT2D eigenvalue weighted by atomic mass is 32.2. The van der Waals surface area contributed by atoms with Gasteiger partial charge >= 0.3 is 0 Å². The minimum absolute atomic E-state index is 0.105. The summed E-state index contributed by atoms with van der Waals surface area (Å²) < 4.78 is 33.2. The third-order valence-electron chi connectivity index (χ3n) is 4.87. The molecule has 3 rings (SSSR count). The topological polar surface area (TPSA) is 72.6 Å². The van der Waals surface area contributed by atoms with E-state index in [0.29, 0.717) is 25.4 Å². The van der Waals surface area contributed by atoms with Crippen LogP contribution in [0.5, 0.6) is 5.75 Å². The molecule has 1 heterocycles. The Bertz CT molecular complexity index is 837. The molecular formula is C19H24N2O3S. The van der Waals surface area contributed by atoms with Crippen molar-refractivity contribution in [3.8, 4) is 5.75 Å². The van der Waals surface area contributed by atoms with Crippen LogP contribution >= 0.6 is 0 Å². The number of hydrogen-bond donors (Lipinski definition) is 1. The molecule has 0 amide bonds. The van der Waals surface area contributed by atoms with Crippen LogP contribution in [-0.2, 0) is 10.0 Å². The first-order valence-corrected chi connectivity index (χ1v) is 9.81. The molecule has 2 aromatic rings. The quantitative estimate of drug-likeness (QED) is 0.888. The molecule has 25 heavy (non-hydrogen) atoms. The zero-order valence-corrected chi connectivity index (χ0v) is 15.4. The molecule has 2 aromatic carbocycles. The molecule has 0 bridgehead atoms. The van der Waals surface area contributed by atoms with E-state index in [0.717, 1.165) is 11.1 Å². The van der Waals surface area contributed by atoms with Crippen molar-refractivity contribution in [1.82, 2.24) is 4.31 Å². The molecule has 1 fully saturated rings. The zero-order valence-electron chi connectivity index (χ0n) is 14.6. The van der Waals surface area contributed by atoms with Crippen LogP contribution in [0.25, 0.3) is 0 Å². The SMILES string of the molecule is COc1ccc(C)cc1S(=O)(=O)N1C[C@@H](CN)[C@H](c2ccccc2)C1. The average molecular weight is 360 g/mol. The summed E-state index contributed by atoms with van der Waals surface area (Å²) in [6.07, 6.45) is 0. The second kappa shape index (κ2) is 7.15. The summed E-state index contributed by atoms with van der Waals surface area (Å²) in [5.74, 6) is 0.586. The number of nitrogens with zero attached hydrogens (tertiary/aromatic N) is 1. The molecule has 1 aliphatic rings. The minimum Gasteiger partial charge on any atom is -0.495 e. The maximum Gasteiger partial charge on any atom is 0.246 e. The van der Waals surface area contributed by atoms with Gasteiger partial charge in [0.15, 0.2) is 0 Å². The Balaban J connectivity index is 1.95. The largest absolute Gasteiger partial charge is 0.495 e. The van der Waals surface area contributed by atoms with E-state index >= 15 is 0 Å². The fourth-order valence-electron chi connectivity index (χ4n) is 3.47. The molecule has 134 valence electrons. The van der Waals surface area contributed by atoms with E-state index in [9.17, 15) is 8.42 Å². The number of nitrogens with two attached hydrogens (primary N) is 1. The van der Waals surface area contributed by atoms with Gasteiger partial charge in [0.1, 0.15) is 10.6 Å². The van der Waals surface area contributed by atoms with Gasteiger partial charge in [0, 0.05) is 19.0 Å². The van der Waals surface area contributed by atoms with Crippen molar-refractivity contribution in [3.05, 3.63) is 59.7 Å². The van der Waals surface area contributed by atoms with E-state index in [-0.39, 0.29) is 16.7 Å². The summed E-state index contributed by atoms with van der Waals surface area (Å²) >= 11 is 0. The van der Waals surface area contributed by atoms with E-state index in [4.69, 9.17) is 10.5 Å². The molecule has 1 saturated heterocycles. The van der Waals surface area contributed by atoms with E-state index < -0.39 is 10.0 Å². The zero-order chi connectivity index (χ0) is 18.0. The Morgan fingerprint density at radius 2 is 1.88 bits per heavy atom. The summed E-state index contributed by atoms with van der Waals surface area (Å²) in [4.78, 5) is 0.222. The molecule has 0 aromatic heterocycles. The fraction of sp³-hybridized carbons (Fsp3) is 0.368. The van der Waals surface area contributed by atoms with Gasteiger partial charge in [-0.15, -0.1) is 0 Å². The van der Waals surface area contributed by atoms with E-state index in [1.807, 2.05) is 43.3 Å². The van der Waals surface area contributed by atoms with Crippen molar-refractivity contribution in [3.63, 3.8) is 0 Å². The predicted molar refractivity (Wildman–Crippen MR) is 98.2 cm³/mol. The number of rotatable bonds is 5. The Labute approximate surface area is 149 Å². The van der Waals surface area contributed by atoms with Gasteiger partial charge in [0.2, 0.25) is 10.0 Å². The minimum atomic E-state index is -3.64. The summed E-state index contributed by atoms with van der Waals surface area (Å²) in [5, 5.41) is 0. The Morgan fingerprint density at radius 1 is 1.16 bits per heavy atom. The van der Waals surface area contributed by atoms with Crippen LogP contribution in [0.15, 0.2) is 53.4 Å². The highest BCUT2D eigenvalue weighted by Crippen LogP contribution is 2.37. The van der Waals surface area contributed by atoms with E-state index in [1.165, 1.54) is 7.11 Å². The lowest BCUT2D eigenvalue weighted by molar-refractivity contribution is 0.397. The molecule has 0 radical (unpaired) electrons. The van der Waals surface area contributed by atoms with Crippen LogP contribution in [-0.4, -0.2) is 39.5 Å². The number of benzene rings is 2. The van der Waals surface area contributed by atoms with Crippen molar-refractivity contribution in [2.75, 3.05) is 26.7 Å². The second-order valence-electron chi connectivity index (χ2n) is 6.49. The normalized spacial score (nSPS) is 21.4. The van der Waals surface area contributed by atoms with Crippen LogP contribution in [0.4, 0.5) is 0 Å². The van der Waals surface area contributed by atoms with Crippen molar-refractivity contribution < 1.29 is 13.2 Å². The lowest BCUT2D eigenvalue weighted by Crippen LogP contribution is -2.30. The second-order valence-corrected chi connectivity index (χ2v) is 8.40. The number of sulfonamides is 1. The molecule has 1 aliphatic heterocycles. The first kappa shape index (κ1) is 17.9. The van der Waals surface area contributed by atoms with Crippen molar-refractivity contribution in [1.29, 1.82) is 0 Å². The van der Waals surface area contributed by atoms with Crippen molar-refractivity contribution in [2.45, 2.75) is 17.7 Å². The fourth-order valence-corrected chi connectivity index (χ4v) is 5.23. The maximum atomic E-state index is 13.2. The Morgan fingerprint density at radius 3 is 2.52 bits per heavy atom. The Hall–Kier alpha value is -1.89. The summed E-state index contributed by atoms with van der Waals surface area (Å²) in [7, 11) is -2.15. The first-order valence-electron chi connectivity index (χ1n) is 8.37.